The maximum atomic E-state index is 12.8. The Kier molecular flexibility index (Phi) is 7.50. The molecule has 0 radical (unpaired) electrons. The third-order valence-corrected chi connectivity index (χ3v) is 8.32. The first-order valence-corrected chi connectivity index (χ1v) is 13.5. The molecule has 0 bridgehead atoms. The van der Waals surface area contributed by atoms with Crippen LogP contribution in [0.25, 0.3) is 0 Å². The van der Waals surface area contributed by atoms with Crippen LogP contribution in [0.15, 0.2) is 47.4 Å². The summed E-state index contributed by atoms with van der Waals surface area (Å²) in [7, 11) is -4.18. The molecule has 10 nitrogen and oxygen atoms in total. The van der Waals surface area contributed by atoms with Crippen LogP contribution in [0.5, 0.6) is 11.5 Å². The van der Waals surface area contributed by atoms with E-state index in [1.807, 2.05) is 0 Å². The van der Waals surface area contributed by atoms with Crippen LogP contribution in [0.4, 0.5) is 11.4 Å². The lowest BCUT2D eigenvalue weighted by Gasteiger charge is -2.18. The number of methoxy groups -OCH3 is 1. The number of rotatable bonds is 9. The molecule has 1 amide bonds. The van der Waals surface area contributed by atoms with E-state index >= 15 is 0 Å². The van der Waals surface area contributed by atoms with E-state index in [2.05, 4.69) is 5.32 Å². The van der Waals surface area contributed by atoms with E-state index in [1.165, 1.54) is 36.7 Å². The highest BCUT2D eigenvalue weighted by Gasteiger charge is 2.28. The lowest BCUT2D eigenvalue weighted by Crippen LogP contribution is -2.28. The minimum atomic E-state index is -3.65. The number of carbonyl (C=O) groups is 1. The van der Waals surface area contributed by atoms with Crippen LogP contribution in [-0.2, 0) is 24.8 Å². The van der Waals surface area contributed by atoms with E-state index < -0.39 is 26.0 Å². The molecule has 1 saturated heterocycles. The van der Waals surface area contributed by atoms with Crippen molar-refractivity contribution in [2.24, 2.45) is 0 Å². The Morgan fingerprint density at radius 1 is 1.06 bits per heavy atom. The highest BCUT2D eigenvalue weighted by Crippen LogP contribution is 2.30. The molecule has 0 aromatic heterocycles. The molecule has 0 unspecified atom stereocenters. The van der Waals surface area contributed by atoms with Crippen molar-refractivity contribution in [3.8, 4) is 11.5 Å². The fourth-order valence-electron chi connectivity index (χ4n) is 3.30. The highest BCUT2D eigenvalue weighted by atomic mass is 32.2. The van der Waals surface area contributed by atoms with Crippen LogP contribution in [-0.4, -0.2) is 67.2 Å². The van der Waals surface area contributed by atoms with Crippen LogP contribution in [0.1, 0.15) is 12.8 Å². The maximum Gasteiger partial charge on any atom is 0.262 e. The van der Waals surface area contributed by atoms with Gasteiger partial charge in [-0.3, -0.25) is 9.10 Å². The minimum Gasteiger partial charge on any atom is -0.495 e. The van der Waals surface area contributed by atoms with Crippen molar-refractivity contribution in [3.63, 3.8) is 0 Å². The number of benzene rings is 2. The zero-order valence-electron chi connectivity index (χ0n) is 18.6. The van der Waals surface area contributed by atoms with Crippen molar-refractivity contribution in [2.45, 2.75) is 17.7 Å². The lowest BCUT2D eigenvalue weighted by molar-refractivity contribution is -0.118. The average Bonchev–Trinajstić information content (AvgIpc) is 3.33. The lowest BCUT2D eigenvalue weighted by atomic mass is 10.3. The molecule has 1 aliphatic rings. The van der Waals surface area contributed by atoms with Gasteiger partial charge in [0.1, 0.15) is 11.5 Å². The van der Waals surface area contributed by atoms with Crippen molar-refractivity contribution < 1.29 is 31.1 Å². The van der Waals surface area contributed by atoms with Crippen LogP contribution < -0.4 is 19.1 Å². The first kappa shape index (κ1) is 24.8. The molecular weight excluding hydrogens is 470 g/mol. The predicted molar refractivity (Wildman–Crippen MR) is 125 cm³/mol. The summed E-state index contributed by atoms with van der Waals surface area (Å²) >= 11 is 0. The van der Waals surface area contributed by atoms with Gasteiger partial charge in [-0.2, -0.15) is 4.31 Å². The summed E-state index contributed by atoms with van der Waals surface area (Å²) in [6, 6.07) is 10.5. The number of hydrogen-bond donors (Lipinski definition) is 1. The summed E-state index contributed by atoms with van der Waals surface area (Å²) in [6.07, 6.45) is 2.74. The largest absolute Gasteiger partial charge is 0.495 e. The van der Waals surface area contributed by atoms with E-state index in [4.69, 9.17) is 9.47 Å². The van der Waals surface area contributed by atoms with Crippen molar-refractivity contribution >= 4 is 37.3 Å². The summed E-state index contributed by atoms with van der Waals surface area (Å²) in [4.78, 5) is 12.5. The SMILES string of the molecule is COc1ccc(S(=O)(=O)N2CCCC2)cc1NC(=O)COc1ccc(N(C)S(C)(=O)=O)cc1. The van der Waals surface area contributed by atoms with Gasteiger partial charge < -0.3 is 14.8 Å². The van der Waals surface area contributed by atoms with E-state index in [-0.39, 0.29) is 17.2 Å². The van der Waals surface area contributed by atoms with Crippen molar-refractivity contribution in [1.29, 1.82) is 0 Å². The molecule has 33 heavy (non-hydrogen) atoms. The Morgan fingerprint density at radius 2 is 1.70 bits per heavy atom. The zero-order chi connectivity index (χ0) is 24.2. The smallest absolute Gasteiger partial charge is 0.262 e. The van der Waals surface area contributed by atoms with E-state index in [0.717, 1.165) is 23.4 Å². The van der Waals surface area contributed by atoms with Crippen LogP contribution >= 0.6 is 0 Å². The summed E-state index contributed by atoms with van der Waals surface area (Å²) < 4.78 is 62.1. The first-order valence-electron chi connectivity index (χ1n) is 10.2. The van der Waals surface area contributed by atoms with Crippen LogP contribution in [0.2, 0.25) is 0 Å². The molecule has 0 saturated carbocycles. The monoisotopic (exact) mass is 497 g/mol. The fourth-order valence-corrected chi connectivity index (χ4v) is 5.35. The van der Waals surface area contributed by atoms with Gasteiger partial charge >= 0.3 is 0 Å². The Hall–Kier alpha value is -2.83. The fraction of sp³-hybridized carbons (Fsp3) is 0.381. The topological polar surface area (TPSA) is 122 Å². The molecular formula is C21H27N3O7S2. The van der Waals surface area contributed by atoms with Gasteiger partial charge in [-0.05, 0) is 55.3 Å². The Balaban J connectivity index is 1.67. The number of hydrogen-bond acceptors (Lipinski definition) is 7. The summed E-state index contributed by atoms with van der Waals surface area (Å²) in [5, 5.41) is 2.62. The molecule has 2 aromatic rings. The minimum absolute atomic E-state index is 0.0759. The molecule has 1 fully saturated rings. The Labute approximate surface area is 194 Å². The number of carbonyl (C=O) groups excluding carboxylic acids is 1. The molecule has 0 atom stereocenters. The summed E-state index contributed by atoms with van der Waals surface area (Å²) in [5.74, 6) is 0.173. The standard InChI is InChI=1S/C21H27N3O7S2/c1-23(32(3,26)27)16-6-8-17(9-7-16)31-15-21(25)22-19-14-18(10-11-20(19)30-2)33(28,29)24-12-4-5-13-24/h6-11,14H,4-5,12-13,15H2,1-3H3,(H,22,25). The van der Waals surface area contributed by atoms with Gasteiger partial charge in [0.05, 0.1) is 29.6 Å². The van der Waals surface area contributed by atoms with Crippen LogP contribution in [0, 0.1) is 0 Å². The van der Waals surface area contributed by atoms with Gasteiger partial charge in [-0.1, -0.05) is 0 Å². The zero-order valence-corrected chi connectivity index (χ0v) is 20.3. The van der Waals surface area contributed by atoms with Gasteiger partial charge in [0, 0.05) is 20.1 Å². The number of amides is 1. The number of ether oxygens (including phenoxy) is 2. The van der Waals surface area contributed by atoms with Gasteiger partial charge in [-0.25, -0.2) is 16.8 Å². The number of nitrogens with one attached hydrogen (secondary N) is 1. The highest BCUT2D eigenvalue weighted by molar-refractivity contribution is 7.92. The molecule has 2 aromatic carbocycles. The normalized spacial score (nSPS) is 14.6. The van der Waals surface area contributed by atoms with E-state index in [1.54, 1.807) is 24.3 Å². The molecule has 1 aliphatic heterocycles. The second kappa shape index (κ2) is 9.98. The van der Waals surface area contributed by atoms with Gasteiger partial charge in [0.15, 0.2) is 6.61 Å². The first-order chi connectivity index (χ1) is 15.5. The van der Waals surface area contributed by atoms with Gasteiger partial charge in [0.25, 0.3) is 5.91 Å². The third-order valence-electron chi connectivity index (χ3n) is 5.22. The second-order valence-corrected chi connectivity index (χ2v) is 11.5. The van der Waals surface area contributed by atoms with Crippen LogP contribution in [0.3, 0.4) is 0 Å². The van der Waals surface area contributed by atoms with Crippen molar-refractivity contribution in [3.05, 3.63) is 42.5 Å². The molecule has 180 valence electrons. The number of sulfonamides is 2. The molecule has 0 aliphatic carbocycles. The van der Waals surface area contributed by atoms with Gasteiger partial charge in [0.2, 0.25) is 20.0 Å². The summed E-state index contributed by atoms with van der Waals surface area (Å²) in [5.41, 5.74) is 0.673. The van der Waals surface area contributed by atoms with Crippen molar-refractivity contribution in [1.82, 2.24) is 4.31 Å². The second-order valence-electron chi connectivity index (χ2n) is 7.53. The quantitative estimate of drug-likeness (QED) is 0.561. The Morgan fingerprint density at radius 3 is 2.27 bits per heavy atom. The third kappa shape index (κ3) is 5.95. The van der Waals surface area contributed by atoms with E-state index in [0.29, 0.717) is 30.3 Å². The number of anilines is 2. The van der Waals surface area contributed by atoms with Crippen molar-refractivity contribution in [2.75, 3.05) is 49.7 Å². The molecule has 0 spiro atoms. The Bertz CT molecular complexity index is 1210. The molecule has 1 N–H and O–H groups in total. The van der Waals surface area contributed by atoms with Gasteiger partial charge in [-0.15, -0.1) is 0 Å². The maximum absolute atomic E-state index is 12.8. The summed E-state index contributed by atoms with van der Waals surface area (Å²) in [6.45, 7) is 0.610. The van der Waals surface area contributed by atoms with E-state index in [9.17, 15) is 21.6 Å². The predicted octanol–water partition coefficient (Wildman–Crippen LogP) is 1.89. The molecule has 1 heterocycles. The number of nitrogens with zero attached hydrogens (tertiary/aromatic N) is 2. The molecule has 12 heteroatoms. The molecule has 3 rings (SSSR count). The average molecular weight is 498 g/mol.